The van der Waals surface area contributed by atoms with Crippen LogP contribution in [0.2, 0.25) is 0 Å². The molecule has 0 unspecified atom stereocenters. The van der Waals surface area contributed by atoms with E-state index in [2.05, 4.69) is 24.7 Å². The van der Waals surface area contributed by atoms with Crippen LogP contribution in [0.25, 0.3) is 0 Å². The summed E-state index contributed by atoms with van der Waals surface area (Å²) in [7, 11) is 0. The molecule has 0 rings (SSSR count). The minimum atomic E-state index is 0.470. The predicted octanol–water partition coefficient (Wildman–Crippen LogP) is 4.76. The van der Waals surface area contributed by atoms with Gasteiger partial charge in [-0.25, -0.2) is 4.99 Å². The van der Waals surface area contributed by atoms with Gasteiger partial charge >= 0.3 is 0 Å². The lowest BCUT2D eigenvalue weighted by atomic mass is 10.2. The average Bonchev–Trinajstić information content (AvgIpc) is 2.39. The summed E-state index contributed by atoms with van der Waals surface area (Å²) in [6.45, 7) is 15.7. The first-order valence-electron chi connectivity index (χ1n) is 6.27. The number of hydrogen-bond donors (Lipinski definition) is 0. The second-order valence-electron chi connectivity index (χ2n) is 3.68. The van der Waals surface area contributed by atoms with E-state index >= 15 is 0 Å². The Morgan fingerprint density at radius 3 is 2.47 bits per heavy atom. The number of rotatable bonds is 8. The quantitative estimate of drug-likeness (QED) is 0.266. The first-order chi connectivity index (χ1) is 9.19. The molecule has 0 bridgehead atoms. The van der Waals surface area contributed by atoms with Crippen molar-refractivity contribution < 1.29 is 4.74 Å². The van der Waals surface area contributed by atoms with Crippen LogP contribution in [-0.4, -0.2) is 12.5 Å². The van der Waals surface area contributed by atoms with E-state index in [1.165, 1.54) is 0 Å². The fraction of sp³-hybridized carbons (Fsp3) is 0.235. The number of hydrogen-bond acceptors (Lipinski definition) is 2. The van der Waals surface area contributed by atoms with Gasteiger partial charge in [0, 0.05) is 5.57 Å². The minimum Gasteiger partial charge on any atom is -0.473 e. The molecule has 0 saturated carbocycles. The van der Waals surface area contributed by atoms with Gasteiger partial charge in [-0.1, -0.05) is 49.6 Å². The molecule has 0 atom stereocenters. The van der Waals surface area contributed by atoms with Gasteiger partial charge in [0.05, 0.1) is 5.70 Å². The summed E-state index contributed by atoms with van der Waals surface area (Å²) < 4.78 is 5.64. The standard InChI is InChI=1S/C17H23NO/c1-6-10-13-16(9-4)17(19-14-11-7-2)18-15(5)12-8-3/h6-9,11-13H,1,4-5,10,14H2,2-3H3/b11-7-,12-8-,16-13+,18-17?. The van der Waals surface area contributed by atoms with Crippen LogP contribution in [0.5, 0.6) is 0 Å². The molecule has 2 heteroatoms. The van der Waals surface area contributed by atoms with Crippen LogP contribution in [0.3, 0.4) is 0 Å². The Balaban J connectivity index is 5.16. The van der Waals surface area contributed by atoms with Gasteiger partial charge in [-0.15, -0.1) is 6.58 Å². The maximum Gasteiger partial charge on any atom is 0.221 e. The van der Waals surface area contributed by atoms with Gasteiger partial charge in [0.15, 0.2) is 0 Å². The summed E-state index contributed by atoms with van der Waals surface area (Å²) in [4.78, 5) is 4.37. The van der Waals surface area contributed by atoms with Gasteiger partial charge in [-0.05, 0) is 26.3 Å². The summed E-state index contributed by atoms with van der Waals surface area (Å²) in [6, 6.07) is 0. The highest BCUT2D eigenvalue weighted by atomic mass is 16.5. The molecule has 0 aromatic heterocycles. The minimum absolute atomic E-state index is 0.470. The molecular weight excluding hydrogens is 234 g/mol. The number of allylic oxidation sites excluding steroid dienone is 5. The van der Waals surface area contributed by atoms with Crippen LogP contribution < -0.4 is 0 Å². The Bertz CT molecular complexity index is 423. The van der Waals surface area contributed by atoms with Crippen molar-refractivity contribution in [2.75, 3.05) is 6.61 Å². The van der Waals surface area contributed by atoms with E-state index in [0.717, 1.165) is 12.0 Å². The Morgan fingerprint density at radius 2 is 1.95 bits per heavy atom. The van der Waals surface area contributed by atoms with Crippen LogP contribution in [0.4, 0.5) is 0 Å². The Morgan fingerprint density at radius 1 is 1.21 bits per heavy atom. The van der Waals surface area contributed by atoms with Crippen molar-refractivity contribution in [1.82, 2.24) is 0 Å². The predicted molar refractivity (Wildman–Crippen MR) is 85.2 cm³/mol. The Hall–Kier alpha value is -2.09. The Labute approximate surface area is 116 Å². The molecule has 0 aromatic rings. The monoisotopic (exact) mass is 257 g/mol. The van der Waals surface area contributed by atoms with E-state index in [1.807, 2.05) is 50.3 Å². The molecule has 0 N–H and O–H groups in total. The van der Waals surface area contributed by atoms with Crippen LogP contribution in [-0.2, 0) is 4.74 Å². The lowest BCUT2D eigenvalue weighted by Crippen LogP contribution is -2.08. The SMILES string of the molecule is C=CC/C=C(\C=C)C(=NC(=C)/C=C\C)OC/C=C\C. The molecule has 102 valence electrons. The molecule has 0 aromatic carbocycles. The highest BCUT2D eigenvalue weighted by Crippen LogP contribution is 2.08. The maximum atomic E-state index is 5.64. The topological polar surface area (TPSA) is 21.6 Å². The summed E-state index contributed by atoms with van der Waals surface area (Å²) >= 11 is 0. The van der Waals surface area contributed by atoms with E-state index in [4.69, 9.17) is 4.74 Å². The third kappa shape index (κ3) is 7.77. The third-order valence-corrected chi connectivity index (χ3v) is 2.13. The van der Waals surface area contributed by atoms with Gasteiger partial charge in [0.1, 0.15) is 6.61 Å². The maximum absolute atomic E-state index is 5.64. The first kappa shape index (κ1) is 16.9. The Kier molecular flexibility index (Phi) is 9.81. The average molecular weight is 257 g/mol. The van der Waals surface area contributed by atoms with E-state index in [0.29, 0.717) is 18.2 Å². The van der Waals surface area contributed by atoms with Crippen molar-refractivity contribution in [3.05, 3.63) is 73.5 Å². The number of nitrogens with zero attached hydrogens (tertiary/aromatic N) is 1. The first-order valence-corrected chi connectivity index (χ1v) is 6.27. The molecular formula is C17H23NO. The van der Waals surface area contributed by atoms with E-state index < -0.39 is 0 Å². The highest BCUT2D eigenvalue weighted by molar-refractivity contribution is 5.97. The zero-order valence-electron chi connectivity index (χ0n) is 11.9. The van der Waals surface area contributed by atoms with Crippen LogP contribution in [0.1, 0.15) is 20.3 Å². The fourth-order valence-electron chi connectivity index (χ4n) is 1.23. The van der Waals surface area contributed by atoms with Crippen molar-refractivity contribution in [2.45, 2.75) is 20.3 Å². The van der Waals surface area contributed by atoms with Crippen molar-refractivity contribution in [1.29, 1.82) is 0 Å². The molecule has 0 radical (unpaired) electrons. The van der Waals surface area contributed by atoms with Crippen molar-refractivity contribution in [3.63, 3.8) is 0 Å². The van der Waals surface area contributed by atoms with Crippen molar-refractivity contribution in [2.24, 2.45) is 4.99 Å². The second kappa shape index (κ2) is 11.0. The molecule has 0 saturated heterocycles. The zero-order chi connectivity index (χ0) is 14.5. The number of aliphatic imine (C=N–C) groups is 1. The molecule has 0 aliphatic rings. The van der Waals surface area contributed by atoms with Crippen molar-refractivity contribution >= 4 is 5.90 Å². The number of ether oxygens (including phenoxy) is 1. The van der Waals surface area contributed by atoms with Gasteiger partial charge in [0.2, 0.25) is 5.90 Å². The van der Waals surface area contributed by atoms with Gasteiger partial charge in [-0.2, -0.15) is 0 Å². The molecule has 0 heterocycles. The third-order valence-electron chi connectivity index (χ3n) is 2.13. The summed E-state index contributed by atoms with van der Waals surface area (Å²) in [5.41, 5.74) is 1.49. The van der Waals surface area contributed by atoms with Gasteiger partial charge in [0.25, 0.3) is 0 Å². The molecule has 19 heavy (non-hydrogen) atoms. The molecule has 2 nitrogen and oxygen atoms in total. The van der Waals surface area contributed by atoms with E-state index in [-0.39, 0.29) is 0 Å². The van der Waals surface area contributed by atoms with Crippen LogP contribution in [0.15, 0.2) is 78.5 Å². The van der Waals surface area contributed by atoms with Gasteiger partial charge < -0.3 is 4.74 Å². The molecule has 0 aliphatic carbocycles. The normalized spacial score (nSPS) is 12.9. The summed E-state index contributed by atoms with van der Waals surface area (Å²) in [5.74, 6) is 0.526. The zero-order valence-corrected chi connectivity index (χ0v) is 11.9. The smallest absolute Gasteiger partial charge is 0.221 e. The van der Waals surface area contributed by atoms with Crippen LogP contribution in [0, 0.1) is 0 Å². The second-order valence-corrected chi connectivity index (χ2v) is 3.68. The van der Waals surface area contributed by atoms with Crippen LogP contribution >= 0.6 is 0 Å². The fourth-order valence-corrected chi connectivity index (χ4v) is 1.23. The largest absolute Gasteiger partial charge is 0.473 e. The van der Waals surface area contributed by atoms with Crippen molar-refractivity contribution in [3.8, 4) is 0 Å². The lowest BCUT2D eigenvalue weighted by Gasteiger charge is -2.08. The summed E-state index contributed by atoms with van der Waals surface area (Å²) in [6.07, 6.45) is 13.8. The lowest BCUT2D eigenvalue weighted by molar-refractivity contribution is 0.351. The molecule has 0 spiro atoms. The molecule has 0 amide bonds. The summed E-state index contributed by atoms with van der Waals surface area (Å²) in [5, 5.41) is 0. The molecule has 0 fully saturated rings. The van der Waals surface area contributed by atoms with E-state index in [9.17, 15) is 0 Å². The van der Waals surface area contributed by atoms with Gasteiger partial charge in [-0.3, -0.25) is 0 Å². The van der Waals surface area contributed by atoms with E-state index in [1.54, 1.807) is 6.08 Å². The highest BCUT2D eigenvalue weighted by Gasteiger charge is 2.04. The molecule has 0 aliphatic heterocycles.